The van der Waals surface area contributed by atoms with Crippen LogP contribution >= 0.6 is 0 Å². The zero-order valence-electron chi connectivity index (χ0n) is 30.3. The van der Waals surface area contributed by atoms with Crippen LogP contribution in [0, 0.1) is 46.3 Å². The van der Waals surface area contributed by atoms with Crippen LogP contribution in [-0.4, -0.2) is 43.3 Å². The molecule has 0 radical (unpaired) electrons. The molecule has 8 atom stereocenters. The molecule has 260 valence electrons. The topological polar surface area (TPSA) is 81.6 Å². The van der Waals surface area contributed by atoms with E-state index in [1.807, 2.05) is 4.90 Å². The Hall–Kier alpha value is -1.07. The molecule has 0 spiro atoms. The monoisotopic (exact) mass is 628 g/mol. The minimum absolute atomic E-state index is 0.0294. The molecular formula is C40H73N3O2. The minimum atomic E-state index is -0.0801. The number of hydrogen-bond donors (Lipinski definition) is 2. The number of nitrogens with two attached hydrogens (primary N) is 2. The van der Waals surface area contributed by atoms with Crippen LogP contribution in [0.4, 0.5) is 4.79 Å². The molecule has 0 bridgehead atoms. The van der Waals surface area contributed by atoms with Gasteiger partial charge in [0.1, 0.15) is 6.10 Å². The van der Waals surface area contributed by atoms with Crippen molar-refractivity contribution in [2.24, 2.45) is 57.8 Å². The molecule has 0 aromatic carbocycles. The van der Waals surface area contributed by atoms with E-state index in [0.29, 0.717) is 10.8 Å². The van der Waals surface area contributed by atoms with E-state index in [9.17, 15) is 4.79 Å². The van der Waals surface area contributed by atoms with Gasteiger partial charge in [0, 0.05) is 19.5 Å². The van der Waals surface area contributed by atoms with Gasteiger partial charge in [0.05, 0.1) is 0 Å². The van der Waals surface area contributed by atoms with Crippen molar-refractivity contribution in [1.29, 1.82) is 0 Å². The SMILES string of the molecule is CC(C)CCCC(C)[C@H]1CC[C@H]2[C@@H]3CC=C4C[C@@H](OC(=O)N(CCCCCCN)CCCCCCN)CC[C@]4(C)[C@H]3CC[C@]12C. The second kappa shape index (κ2) is 17.4. The largest absolute Gasteiger partial charge is 0.446 e. The quantitative estimate of drug-likeness (QED) is 0.117. The lowest BCUT2D eigenvalue weighted by Gasteiger charge is -2.58. The number of hydrogen-bond acceptors (Lipinski definition) is 4. The number of unbranched alkanes of at least 4 members (excludes halogenated alkanes) is 6. The van der Waals surface area contributed by atoms with Gasteiger partial charge < -0.3 is 21.1 Å². The average Bonchev–Trinajstić information content (AvgIpc) is 3.37. The molecule has 4 rings (SSSR count). The number of nitrogens with zero attached hydrogens (tertiary/aromatic N) is 1. The lowest BCUT2D eigenvalue weighted by molar-refractivity contribution is -0.0593. The number of amides is 1. The third-order valence-corrected chi connectivity index (χ3v) is 13.5. The summed E-state index contributed by atoms with van der Waals surface area (Å²) in [7, 11) is 0. The van der Waals surface area contributed by atoms with Crippen LogP contribution in [0.15, 0.2) is 11.6 Å². The molecule has 4 aliphatic carbocycles. The number of fused-ring (bicyclic) bond motifs is 5. The van der Waals surface area contributed by atoms with E-state index in [0.717, 1.165) is 126 Å². The first-order valence-corrected chi connectivity index (χ1v) is 19.7. The smallest absolute Gasteiger partial charge is 0.410 e. The van der Waals surface area contributed by atoms with Gasteiger partial charge in [-0.2, -0.15) is 0 Å². The van der Waals surface area contributed by atoms with E-state index in [4.69, 9.17) is 16.2 Å². The van der Waals surface area contributed by atoms with Crippen LogP contribution in [0.3, 0.4) is 0 Å². The third-order valence-electron chi connectivity index (χ3n) is 13.5. The Balaban J connectivity index is 1.34. The van der Waals surface area contributed by atoms with Gasteiger partial charge in [0.2, 0.25) is 0 Å². The first-order chi connectivity index (χ1) is 21.6. The second-order valence-electron chi connectivity index (χ2n) is 16.9. The van der Waals surface area contributed by atoms with Crippen LogP contribution in [0.1, 0.15) is 157 Å². The van der Waals surface area contributed by atoms with Crippen molar-refractivity contribution in [3.63, 3.8) is 0 Å². The highest BCUT2D eigenvalue weighted by Crippen LogP contribution is 2.67. The van der Waals surface area contributed by atoms with Gasteiger partial charge in [0.15, 0.2) is 0 Å². The fourth-order valence-corrected chi connectivity index (χ4v) is 10.9. The summed E-state index contributed by atoms with van der Waals surface area (Å²) in [5.41, 5.74) is 13.8. The van der Waals surface area contributed by atoms with Crippen LogP contribution < -0.4 is 11.5 Å². The first-order valence-electron chi connectivity index (χ1n) is 19.7. The average molecular weight is 628 g/mol. The normalized spacial score (nSPS) is 33.2. The van der Waals surface area contributed by atoms with E-state index < -0.39 is 0 Å². The Morgan fingerprint density at radius 3 is 2.16 bits per heavy atom. The Labute approximate surface area is 278 Å². The molecule has 5 nitrogen and oxygen atoms in total. The molecule has 5 heteroatoms. The van der Waals surface area contributed by atoms with Crippen LogP contribution in [0.5, 0.6) is 0 Å². The molecule has 0 aliphatic heterocycles. The summed E-state index contributed by atoms with van der Waals surface area (Å²) in [5, 5.41) is 0. The molecule has 1 unspecified atom stereocenters. The molecule has 1 amide bonds. The Morgan fingerprint density at radius 1 is 0.844 bits per heavy atom. The van der Waals surface area contributed by atoms with Crippen molar-refractivity contribution in [3.8, 4) is 0 Å². The molecule has 3 saturated carbocycles. The highest BCUT2D eigenvalue weighted by molar-refractivity contribution is 5.67. The number of allylic oxidation sites excluding steroid dienone is 1. The van der Waals surface area contributed by atoms with E-state index >= 15 is 0 Å². The maximum absolute atomic E-state index is 13.5. The molecule has 45 heavy (non-hydrogen) atoms. The van der Waals surface area contributed by atoms with Gasteiger partial charge in [0.25, 0.3) is 0 Å². The predicted octanol–water partition coefficient (Wildman–Crippen LogP) is 9.87. The van der Waals surface area contributed by atoms with Crippen molar-refractivity contribution in [2.45, 2.75) is 163 Å². The fraction of sp³-hybridized carbons (Fsp3) is 0.925. The van der Waals surface area contributed by atoms with Crippen molar-refractivity contribution < 1.29 is 9.53 Å². The summed E-state index contributed by atoms with van der Waals surface area (Å²) in [5.74, 6) is 5.14. The Kier molecular flexibility index (Phi) is 14.2. The van der Waals surface area contributed by atoms with Crippen molar-refractivity contribution in [3.05, 3.63) is 11.6 Å². The van der Waals surface area contributed by atoms with Gasteiger partial charge in [-0.25, -0.2) is 4.79 Å². The van der Waals surface area contributed by atoms with E-state index in [-0.39, 0.29) is 12.2 Å². The number of carbonyl (C=O) groups excluding carboxylic acids is 1. The number of ether oxygens (including phenoxy) is 1. The lowest BCUT2D eigenvalue weighted by Crippen LogP contribution is -2.51. The molecule has 3 fully saturated rings. The van der Waals surface area contributed by atoms with Gasteiger partial charge >= 0.3 is 6.09 Å². The summed E-state index contributed by atoms with van der Waals surface area (Å²) < 4.78 is 6.32. The van der Waals surface area contributed by atoms with E-state index in [1.165, 1.54) is 57.8 Å². The van der Waals surface area contributed by atoms with E-state index in [1.54, 1.807) is 5.57 Å². The molecule has 4 aliphatic rings. The van der Waals surface area contributed by atoms with Crippen LogP contribution in [-0.2, 0) is 4.74 Å². The summed E-state index contributed by atoms with van der Waals surface area (Å²) in [6.45, 7) is 15.7. The van der Waals surface area contributed by atoms with Crippen molar-refractivity contribution in [1.82, 2.24) is 4.90 Å². The number of carbonyl (C=O) groups is 1. The van der Waals surface area contributed by atoms with Crippen LogP contribution in [0.25, 0.3) is 0 Å². The standard InChI is InChI=1S/C40H73N3O2/c1-30(2)15-14-16-31(3)35-19-20-36-34-18-17-32-29-33(21-23-39(32,4)37(34)22-24-40(35,36)5)45-38(44)43(27-12-8-6-10-25-41)28-13-9-7-11-26-42/h17,30-31,33-37H,6-16,18-29,41-42H2,1-5H3/t31?,33-,34-,35+,36-,37-,39-,40+/m0/s1. The molecule has 4 N–H and O–H groups in total. The fourth-order valence-electron chi connectivity index (χ4n) is 10.9. The summed E-state index contributed by atoms with van der Waals surface area (Å²) in [6, 6.07) is 0. The lowest BCUT2D eigenvalue weighted by atomic mass is 9.47. The predicted molar refractivity (Wildman–Crippen MR) is 190 cm³/mol. The summed E-state index contributed by atoms with van der Waals surface area (Å²) >= 11 is 0. The second-order valence-corrected chi connectivity index (χ2v) is 16.9. The number of rotatable bonds is 18. The Morgan fingerprint density at radius 2 is 1.51 bits per heavy atom. The zero-order chi connectivity index (χ0) is 32.5. The molecule has 0 saturated heterocycles. The third kappa shape index (κ3) is 9.09. The zero-order valence-corrected chi connectivity index (χ0v) is 30.3. The van der Waals surface area contributed by atoms with Gasteiger partial charge in [-0.15, -0.1) is 0 Å². The highest BCUT2D eigenvalue weighted by Gasteiger charge is 2.59. The maximum Gasteiger partial charge on any atom is 0.410 e. The minimum Gasteiger partial charge on any atom is -0.446 e. The van der Waals surface area contributed by atoms with Gasteiger partial charge in [-0.3, -0.25) is 0 Å². The molecule has 0 aromatic heterocycles. The summed E-state index contributed by atoms with van der Waals surface area (Å²) in [6.07, 6.45) is 25.7. The van der Waals surface area contributed by atoms with Crippen molar-refractivity contribution in [2.75, 3.05) is 26.2 Å². The molecule has 0 heterocycles. The maximum atomic E-state index is 13.5. The van der Waals surface area contributed by atoms with Crippen LogP contribution in [0.2, 0.25) is 0 Å². The van der Waals surface area contributed by atoms with E-state index in [2.05, 4.69) is 40.7 Å². The Bertz CT molecular complexity index is 921. The molecule has 0 aromatic rings. The highest BCUT2D eigenvalue weighted by atomic mass is 16.6. The molecular weight excluding hydrogens is 554 g/mol. The van der Waals surface area contributed by atoms with Gasteiger partial charge in [-0.05, 0) is 130 Å². The van der Waals surface area contributed by atoms with Crippen molar-refractivity contribution >= 4 is 6.09 Å². The van der Waals surface area contributed by atoms with Gasteiger partial charge in [-0.1, -0.05) is 91.2 Å². The first kappa shape index (κ1) is 36.8. The summed E-state index contributed by atoms with van der Waals surface area (Å²) in [4.78, 5) is 15.5.